The summed E-state index contributed by atoms with van der Waals surface area (Å²) in [6.45, 7) is 5.22. The van der Waals surface area contributed by atoms with Crippen molar-refractivity contribution in [3.05, 3.63) is 71.3 Å². The van der Waals surface area contributed by atoms with Gasteiger partial charge in [-0.2, -0.15) is 4.31 Å². The van der Waals surface area contributed by atoms with Gasteiger partial charge in [-0.05, 0) is 61.4 Å². The molecule has 0 atom stereocenters. The highest BCUT2D eigenvalue weighted by Gasteiger charge is 2.27. The predicted octanol–water partition coefficient (Wildman–Crippen LogP) is 6.77. The van der Waals surface area contributed by atoms with Gasteiger partial charge in [0.1, 0.15) is 0 Å². The van der Waals surface area contributed by atoms with E-state index in [4.69, 9.17) is 0 Å². The van der Waals surface area contributed by atoms with Crippen LogP contribution >= 0.6 is 0 Å². The Balaban J connectivity index is 1.80. The lowest BCUT2D eigenvalue weighted by Crippen LogP contribution is -2.35. The summed E-state index contributed by atoms with van der Waals surface area (Å²) in [7, 11) is -3.51. The van der Waals surface area contributed by atoms with Crippen molar-refractivity contribution < 1.29 is 8.42 Å². The summed E-state index contributed by atoms with van der Waals surface area (Å²) in [5.74, 6) is 0. The molecule has 2 aromatic rings. The smallest absolute Gasteiger partial charge is 0.207 e. The molecule has 168 valence electrons. The lowest BCUT2D eigenvalue weighted by Gasteiger charge is -2.27. The number of aryl methyl sites for hydroxylation is 2. The fourth-order valence-corrected chi connectivity index (χ4v) is 5.75. The molecule has 1 heterocycles. The maximum absolute atomic E-state index is 13.4. The molecule has 0 fully saturated rings. The Labute approximate surface area is 189 Å². The average Bonchev–Trinajstić information content (AvgIpc) is 2.75. The number of hydrogen-bond donors (Lipinski definition) is 0. The molecule has 0 unspecified atom stereocenters. The molecule has 0 saturated carbocycles. The van der Waals surface area contributed by atoms with E-state index in [1.165, 1.54) is 49.7 Å². The molecule has 0 bridgehead atoms. The third-order valence-corrected chi connectivity index (χ3v) is 8.03. The van der Waals surface area contributed by atoms with Crippen molar-refractivity contribution in [1.82, 2.24) is 4.31 Å². The highest BCUT2D eigenvalue weighted by Crippen LogP contribution is 2.28. The molecule has 0 saturated heterocycles. The zero-order valence-electron chi connectivity index (χ0n) is 19.1. The van der Waals surface area contributed by atoms with Gasteiger partial charge in [-0.1, -0.05) is 87.1 Å². The second-order valence-electron chi connectivity index (χ2n) is 8.70. The minimum Gasteiger partial charge on any atom is -0.207 e. The summed E-state index contributed by atoms with van der Waals surface area (Å²) in [6, 6.07) is 15.7. The van der Waals surface area contributed by atoms with Gasteiger partial charge in [0.25, 0.3) is 0 Å². The molecule has 2 aromatic carbocycles. The fraction of sp³-hybridized carbons (Fsp3) is 0.481. The number of unbranched alkanes of at least 4 members (excludes halogenated alkanes) is 6. The number of hydrogen-bond acceptors (Lipinski definition) is 2. The quantitative estimate of drug-likeness (QED) is 0.404. The van der Waals surface area contributed by atoms with Crippen molar-refractivity contribution in [3.63, 3.8) is 0 Å². The van der Waals surface area contributed by atoms with Crippen molar-refractivity contribution in [3.8, 4) is 0 Å². The first kappa shape index (κ1) is 23.7. The lowest BCUT2D eigenvalue weighted by molar-refractivity contribution is 0.435. The van der Waals surface area contributed by atoms with Crippen molar-refractivity contribution >= 4 is 15.6 Å². The lowest BCUT2D eigenvalue weighted by atomic mass is 9.94. The molecule has 1 aliphatic heterocycles. The standard InChI is InChI=1S/C27H37NO2S/c1-3-4-5-6-7-8-9-14-25-22-28(21-12-15-24-13-10-11-16-27(24)25)31(29,30)26-19-17-23(2)18-20-26/h10-11,13-14,16-20H,3-9,12,15,21-22H2,1-2H3/b25-14-. The van der Waals surface area contributed by atoms with Gasteiger partial charge in [-0.3, -0.25) is 0 Å². The van der Waals surface area contributed by atoms with Crippen LogP contribution in [0, 0.1) is 6.92 Å². The molecule has 0 radical (unpaired) electrons. The molecule has 3 rings (SSSR count). The highest BCUT2D eigenvalue weighted by atomic mass is 32.2. The second-order valence-corrected chi connectivity index (χ2v) is 10.6. The molecule has 0 aromatic heterocycles. The van der Waals surface area contributed by atoms with Gasteiger partial charge in [0.15, 0.2) is 0 Å². The van der Waals surface area contributed by atoms with Gasteiger partial charge in [-0.15, -0.1) is 0 Å². The van der Waals surface area contributed by atoms with E-state index in [9.17, 15) is 8.42 Å². The number of benzene rings is 2. The third-order valence-electron chi connectivity index (χ3n) is 6.17. The molecule has 3 nitrogen and oxygen atoms in total. The average molecular weight is 440 g/mol. The van der Waals surface area contributed by atoms with E-state index >= 15 is 0 Å². The third kappa shape index (κ3) is 6.54. The summed E-state index contributed by atoms with van der Waals surface area (Å²) >= 11 is 0. The normalized spacial score (nSPS) is 16.6. The monoisotopic (exact) mass is 439 g/mol. The van der Waals surface area contributed by atoms with E-state index in [1.807, 2.05) is 19.1 Å². The van der Waals surface area contributed by atoms with Gasteiger partial charge in [0.2, 0.25) is 10.0 Å². The van der Waals surface area contributed by atoms with Crippen LogP contribution in [0.5, 0.6) is 0 Å². The van der Waals surface area contributed by atoms with Crippen LogP contribution in [0.4, 0.5) is 0 Å². The van der Waals surface area contributed by atoms with E-state index in [0.717, 1.165) is 30.4 Å². The van der Waals surface area contributed by atoms with Crippen LogP contribution < -0.4 is 0 Å². The Bertz CT molecular complexity index is 961. The SMILES string of the molecule is CCCCCCCC/C=C1/CN(S(=O)(=O)c2ccc(C)cc2)CCCc2ccccc21. The Hall–Kier alpha value is -1.91. The number of rotatable bonds is 9. The van der Waals surface area contributed by atoms with Crippen LogP contribution in [-0.2, 0) is 16.4 Å². The molecule has 0 spiro atoms. The van der Waals surface area contributed by atoms with Gasteiger partial charge in [0, 0.05) is 13.1 Å². The highest BCUT2D eigenvalue weighted by molar-refractivity contribution is 7.89. The van der Waals surface area contributed by atoms with E-state index in [2.05, 4.69) is 37.3 Å². The summed E-state index contributed by atoms with van der Waals surface area (Å²) in [6.07, 6.45) is 12.7. The Kier molecular flexibility index (Phi) is 8.91. The summed E-state index contributed by atoms with van der Waals surface area (Å²) in [4.78, 5) is 0.391. The minimum absolute atomic E-state index is 0.391. The van der Waals surface area contributed by atoms with Gasteiger partial charge in [0.05, 0.1) is 4.90 Å². The van der Waals surface area contributed by atoms with Crippen molar-refractivity contribution in [2.24, 2.45) is 0 Å². The Morgan fingerprint density at radius 2 is 1.65 bits per heavy atom. The van der Waals surface area contributed by atoms with E-state index in [1.54, 1.807) is 16.4 Å². The van der Waals surface area contributed by atoms with Crippen LogP contribution in [0.2, 0.25) is 0 Å². The van der Waals surface area contributed by atoms with Crippen LogP contribution in [0.1, 0.15) is 75.0 Å². The van der Waals surface area contributed by atoms with Gasteiger partial charge in [-0.25, -0.2) is 8.42 Å². The molecule has 0 amide bonds. The van der Waals surface area contributed by atoms with Crippen molar-refractivity contribution in [2.75, 3.05) is 13.1 Å². The molecule has 0 aliphatic carbocycles. The Morgan fingerprint density at radius 3 is 2.42 bits per heavy atom. The molecule has 0 N–H and O–H groups in total. The first-order valence-corrected chi connectivity index (χ1v) is 13.3. The first-order valence-electron chi connectivity index (χ1n) is 11.9. The summed E-state index contributed by atoms with van der Waals surface area (Å²) in [5, 5.41) is 0. The van der Waals surface area contributed by atoms with E-state index < -0.39 is 10.0 Å². The number of fused-ring (bicyclic) bond motifs is 1. The predicted molar refractivity (Wildman–Crippen MR) is 131 cm³/mol. The van der Waals surface area contributed by atoms with Crippen LogP contribution in [0.15, 0.2) is 59.5 Å². The minimum atomic E-state index is -3.51. The maximum atomic E-state index is 13.4. The summed E-state index contributed by atoms with van der Waals surface area (Å²) in [5.41, 5.74) is 4.78. The number of sulfonamides is 1. The van der Waals surface area contributed by atoms with Crippen molar-refractivity contribution in [2.45, 2.75) is 76.5 Å². The second kappa shape index (κ2) is 11.6. The summed E-state index contributed by atoms with van der Waals surface area (Å²) < 4.78 is 28.5. The first-order chi connectivity index (χ1) is 15.0. The topological polar surface area (TPSA) is 37.4 Å². The van der Waals surface area contributed by atoms with Gasteiger partial charge >= 0.3 is 0 Å². The molecular weight excluding hydrogens is 402 g/mol. The van der Waals surface area contributed by atoms with E-state index in [0.29, 0.717) is 18.0 Å². The molecule has 4 heteroatoms. The van der Waals surface area contributed by atoms with Crippen LogP contribution in [-0.4, -0.2) is 25.8 Å². The van der Waals surface area contributed by atoms with Gasteiger partial charge < -0.3 is 0 Å². The number of nitrogens with zero attached hydrogens (tertiary/aromatic N) is 1. The zero-order chi connectivity index (χ0) is 22.1. The number of allylic oxidation sites excluding steroid dienone is 1. The largest absolute Gasteiger partial charge is 0.243 e. The van der Waals surface area contributed by atoms with Crippen molar-refractivity contribution in [1.29, 1.82) is 0 Å². The fourth-order valence-electron chi connectivity index (χ4n) is 4.29. The Morgan fingerprint density at radius 1 is 0.935 bits per heavy atom. The zero-order valence-corrected chi connectivity index (χ0v) is 20.0. The molecule has 31 heavy (non-hydrogen) atoms. The maximum Gasteiger partial charge on any atom is 0.243 e. The molecular formula is C27H37NO2S. The van der Waals surface area contributed by atoms with Crippen LogP contribution in [0.25, 0.3) is 5.57 Å². The van der Waals surface area contributed by atoms with E-state index in [-0.39, 0.29) is 0 Å². The van der Waals surface area contributed by atoms with Crippen LogP contribution in [0.3, 0.4) is 0 Å². The molecule has 1 aliphatic rings.